The van der Waals surface area contributed by atoms with Crippen molar-refractivity contribution in [3.63, 3.8) is 0 Å². The van der Waals surface area contributed by atoms with Crippen LogP contribution in [0, 0.1) is 34.5 Å². The van der Waals surface area contributed by atoms with Crippen LogP contribution in [0.25, 0.3) is 0 Å². The van der Waals surface area contributed by atoms with Crippen LogP contribution in [0.5, 0.6) is 0 Å². The summed E-state index contributed by atoms with van der Waals surface area (Å²) in [7, 11) is 0. The molecule has 2 aliphatic heterocycles. The van der Waals surface area contributed by atoms with Crippen molar-refractivity contribution in [1.29, 1.82) is 0 Å². The van der Waals surface area contributed by atoms with E-state index < -0.39 is 47.8 Å². The lowest BCUT2D eigenvalue weighted by Crippen LogP contribution is -2.66. The number of carbonyl (C=O) groups excluding carboxylic acids is 1. The predicted octanol–water partition coefficient (Wildman–Crippen LogP) is 1.43. The van der Waals surface area contributed by atoms with Crippen LogP contribution in [0.2, 0.25) is 0 Å². The Bertz CT molecular complexity index is 985. The fraction of sp³-hybridized carbons (Fsp3) is 0.897. The maximum atomic E-state index is 12.4. The summed E-state index contributed by atoms with van der Waals surface area (Å²) in [5.74, 6) is -0.0314. The summed E-state index contributed by atoms with van der Waals surface area (Å²) in [5.41, 5.74) is -0.607. The Labute approximate surface area is 224 Å². The predicted molar refractivity (Wildman–Crippen MR) is 134 cm³/mol. The minimum atomic E-state index is -1.32. The first-order chi connectivity index (χ1) is 17.9. The first-order valence-corrected chi connectivity index (χ1v) is 14.5. The van der Waals surface area contributed by atoms with E-state index in [1.54, 1.807) is 13.0 Å². The molecule has 6 aliphatic rings. The smallest absolute Gasteiger partial charge is 0.331 e. The van der Waals surface area contributed by atoms with Crippen LogP contribution >= 0.6 is 0 Å². The average Bonchev–Trinajstić information content (AvgIpc) is 3.41. The number of aliphatic hydroxyl groups excluding tert-OH is 4. The van der Waals surface area contributed by atoms with E-state index in [2.05, 4.69) is 13.8 Å². The SMILES string of the molecule is C[C@@H]1O[C@@H](O[C@H]2CC[C@]3(C)C4C(O)C[C@]5(C)[C@@H](C6=CC(=O)OC6)CC[C@]5(O)C4CC[C@@H]3C2)[C@H](O)[C@H](O)[C@H]1O. The third-order valence-electron chi connectivity index (χ3n) is 12.0. The molecule has 3 unspecified atom stereocenters. The van der Waals surface area contributed by atoms with Gasteiger partial charge in [-0.2, -0.15) is 0 Å². The molecule has 38 heavy (non-hydrogen) atoms. The first kappa shape index (κ1) is 27.1. The van der Waals surface area contributed by atoms with E-state index in [-0.39, 0.29) is 41.8 Å². The number of hydrogen-bond acceptors (Lipinski definition) is 9. The van der Waals surface area contributed by atoms with Crippen molar-refractivity contribution in [2.75, 3.05) is 6.61 Å². The van der Waals surface area contributed by atoms with Crippen LogP contribution in [0.3, 0.4) is 0 Å². The van der Waals surface area contributed by atoms with Gasteiger partial charge in [-0.25, -0.2) is 4.79 Å². The molecule has 0 aromatic rings. The Morgan fingerprint density at radius 1 is 1.00 bits per heavy atom. The summed E-state index contributed by atoms with van der Waals surface area (Å²) >= 11 is 0. The Hall–Kier alpha value is -1.07. The van der Waals surface area contributed by atoms with Crippen molar-refractivity contribution < 1.29 is 44.5 Å². The molecule has 9 nitrogen and oxygen atoms in total. The second kappa shape index (κ2) is 9.23. The number of fused-ring (bicyclic) bond motifs is 5. The molecule has 0 amide bonds. The van der Waals surface area contributed by atoms with Crippen LogP contribution in [0.15, 0.2) is 11.6 Å². The van der Waals surface area contributed by atoms with Crippen molar-refractivity contribution in [3.05, 3.63) is 11.6 Å². The van der Waals surface area contributed by atoms with Crippen molar-refractivity contribution in [2.24, 2.45) is 34.5 Å². The lowest BCUT2D eigenvalue weighted by molar-refractivity contribution is -0.311. The lowest BCUT2D eigenvalue weighted by Gasteiger charge is -2.65. The quantitative estimate of drug-likeness (QED) is 0.267. The van der Waals surface area contributed by atoms with E-state index in [1.165, 1.54) is 0 Å². The van der Waals surface area contributed by atoms with Gasteiger partial charge in [-0.3, -0.25) is 0 Å². The molecule has 214 valence electrons. The highest BCUT2D eigenvalue weighted by Gasteiger charge is 2.70. The van der Waals surface area contributed by atoms with Crippen LogP contribution in [0.4, 0.5) is 0 Å². The summed E-state index contributed by atoms with van der Waals surface area (Å²) in [5, 5.41) is 54.7. The van der Waals surface area contributed by atoms with E-state index in [9.17, 15) is 30.3 Å². The van der Waals surface area contributed by atoms with Gasteiger partial charge in [0.25, 0.3) is 0 Å². The van der Waals surface area contributed by atoms with E-state index in [4.69, 9.17) is 14.2 Å². The Balaban J connectivity index is 1.19. The van der Waals surface area contributed by atoms with Gasteiger partial charge in [0, 0.05) is 11.5 Å². The van der Waals surface area contributed by atoms with Crippen LogP contribution in [0.1, 0.15) is 72.1 Å². The third-order valence-corrected chi connectivity index (χ3v) is 12.0. The second-order valence-electron chi connectivity index (χ2n) is 13.7. The van der Waals surface area contributed by atoms with Gasteiger partial charge < -0.3 is 39.7 Å². The molecule has 0 aromatic carbocycles. The number of aliphatic hydroxyl groups is 5. The van der Waals surface area contributed by atoms with E-state index in [1.807, 2.05) is 0 Å². The molecule has 5 N–H and O–H groups in total. The molecule has 5 fully saturated rings. The average molecular weight is 537 g/mol. The van der Waals surface area contributed by atoms with Crippen LogP contribution < -0.4 is 0 Å². The Morgan fingerprint density at radius 3 is 2.47 bits per heavy atom. The molecule has 4 aliphatic carbocycles. The molecule has 0 bridgehead atoms. The normalized spacial score (nSPS) is 56.5. The topological polar surface area (TPSA) is 146 Å². The summed E-state index contributed by atoms with van der Waals surface area (Å²) < 4.78 is 17.1. The summed E-state index contributed by atoms with van der Waals surface area (Å²) in [6, 6.07) is 0. The number of hydrogen-bond donors (Lipinski definition) is 5. The molecule has 9 heteroatoms. The summed E-state index contributed by atoms with van der Waals surface area (Å²) in [6.07, 6.45) is 1.49. The monoisotopic (exact) mass is 536 g/mol. The highest BCUT2D eigenvalue weighted by Crippen LogP contribution is 2.70. The molecule has 2 heterocycles. The maximum Gasteiger partial charge on any atom is 0.331 e. The van der Waals surface area contributed by atoms with Crippen molar-refractivity contribution >= 4 is 5.97 Å². The fourth-order valence-electron chi connectivity index (χ4n) is 9.91. The van der Waals surface area contributed by atoms with Gasteiger partial charge >= 0.3 is 5.97 Å². The van der Waals surface area contributed by atoms with Crippen molar-refractivity contribution in [3.8, 4) is 0 Å². The largest absolute Gasteiger partial charge is 0.458 e. The van der Waals surface area contributed by atoms with Gasteiger partial charge in [0.15, 0.2) is 6.29 Å². The zero-order valence-corrected chi connectivity index (χ0v) is 22.7. The minimum Gasteiger partial charge on any atom is -0.458 e. The summed E-state index contributed by atoms with van der Waals surface area (Å²) in [6.45, 7) is 6.32. The van der Waals surface area contributed by atoms with Gasteiger partial charge in [0.2, 0.25) is 0 Å². The van der Waals surface area contributed by atoms with Crippen molar-refractivity contribution in [1.82, 2.24) is 0 Å². The first-order valence-electron chi connectivity index (χ1n) is 14.5. The number of rotatable bonds is 3. The summed E-state index contributed by atoms with van der Waals surface area (Å²) in [4.78, 5) is 11.8. The van der Waals surface area contributed by atoms with Gasteiger partial charge in [-0.05, 0) is 93.0 Å². The fourth-order valence-corrected chi connectivity index (χ4v) is 9.91. The molecule has 0 aromatic heterocycles. The second-order valence-corrected chi connectivity index (χ2v) is 13.7. The van der Waals surface area contributed by atoms with E-state index in [0.29, 0.717) is 18.8 Å². The van der Waals surface area contributed by atoms with Crippen LogP contribution in [-0.2, 0) is 19.0 Å². The molecule has 14 atom stereocenters. The molecule has 6 rings (SSSR count). The van der Waals surface area contributed by atoms with Gasteiger partial charge in [-0.1, -0.05) is 13.8 Å². The highest BCUT2D eigenvalue weighted by atomic mass is 16.7. The molecule has 0 radical (unpaired) electrons. The Morgan fingerprint density at radius 2 is 1.76 bits per heavy atom. The highest BCUT2D eigenvalue weighted by molar-refractivity contribution is 5.85. The van der Waals surface area contributed by atoms with E-state index >= 15 is 0 Å². The Kier molecular flexibility index (Phi) is 6.58. The molecular formula is C29H44O9. The number of esters is 1. The number of carbonyl (C=O) groups is 1. The van der Waals surface area contributed by atoms with Gasteiger partial charge in [0.1, 0.15) is 24.9 Å². The zero-order chi connectivity index (χ0) is 27.2. The third kappa shape index (κ3) is 3.80. The minimum absolute atomic E-state index is 0.0143. The molecule has 0 spiro atoms. The van der Waals surface area contributed by atoms with E-state index in [0.717, 1.165) is 44.1 Å². The molecule has 1 saturated heterocycles. The van der Waals surface area contributed by atoms with Crippen LogP contribution in [-0.4, -0.2) is 86.6 Å². The molecule has 4 saturated carbocycles. The zero-order valence-electron chi connectivity index (χ0n) is 22.7. The lowest BCUT2D eigenvalue weighted by atomic mass is 9.42. The number of ether oxygens (including phenoxy) is 3. The number of cyclic esters (lactones) is 1. The maximum absolute atomic E-state index is 12.4. The standard InChI is InChI=1S/C29H44O9/c1-14-23(32)24(33)25(34)26(37-14)38-17-6-8-27(2)16(11-17)4-5-19-22(27)20(30)12-28(3)18(7-9-29(19,28)35)15-10-21(31)36-13-15/h10,14,16-20,22-26,30,32-35H,4-9,11-13H2,1-3H3/t14-,16+,17-,18+,19?,20?,22?,23-,24+,25+,26-,27-,28+,29-/m0/s1. The van der Waals surface area contributed by atoms with Gasteiger partial charge in [0.05, 0.1) is 23.9 Å². The van der Waals surface area contributed by atoms with Crippen molar-refractivity contribution in [2.45, 2.75) is 121 Å². The van der Waals surface area contributed by atoms with Gasteiger partial charge in [-0.15, -0.1) is 0 Å². The molecular weight excluding hydrogens is 492 g/mol.